The molecule has 37 heavy (non-hydrogen) atoms. The van der Waals surface area contributed by atoms with Gasteiger partial charge in [0.15, 0.2) is 0 Å². The Hall–Kier alpha value is -3.73. The zero-order chi connectivity index (χ0) is 27.8. The van der Waals surface area contributed by atoms with Crippen molar-refractivity contribution in [3.05, 3.63) is 48.0 Å². The molecule has 204 valence electrons. The van der Waals surface area contributed by atoms with Gasteiger partial charge in [-0.25, -0.2) is 14.4 Å². The van der Waals surface area contributed by atoms with Gasteiger partial charge in [0.25, 0.3) is 0 Å². The SMILES string of the molecule is CCOC(=O)[C@H](CCc1ccccc1)N[C@@H](C)C(=O)N1CCC[C@H]1C(=O)OCC.O=C(O)/C=C\C(=O)O. The van der Waals surface area contributed by atoms with Crippen LogP contribution in [-0.2, 0) is 39.9 Å². The number of nitrogens with zero attached hydrogens (tertiary/aromatic N) is 1. The third kappa shape index (κ3) is 11.7. The summed E-state index contributed by atoms with van der Waals surface area (Å²) in [7, 11) is 0. The lowest BCUT2D eigenvalue weighted by molar-refractivity contribution is -0.154. The number of esters is 2. The largest absolute Gasteiger partial charge is 0.478 e. The van der Waals surface area contributed by atoms with Crippen molar-refractivity contribution in [2.24, 2.45) is 0 Å². The highest BCUT2D eigenvalue weighted by atomic mass is 16.5. The molecule has 1 fully saturated rings. The number of rotatable bonds is 12. The van der Waals surface area contributed by atoms with Gasteiger partial charge in [0, 0.05) is 18.7 Å². The summed E-state index contributed by atoms with van der Waals surface area (Å²) in [5, 5.41) is 18.7. The van der Waals surface area contributed by atoms with Gasteiger partial charge in [-0.1, -0.05) is 30.3 Å². The lowest BCUT2D eigenvalue weighted by atomic mass is 10.0. The number of nitrogens with one attached hydrogen (secondary N) is 1. The van der Waals surface area contributed by atoms with E-state index in [9.17, 15) is 24.0 Å². The van der Waals surface area contributed by atoms with Gasteiger partial charge in [0.1, 0.15) is 12.1 Å². The van der Waals surface area contributed by atoms with Crippen molar-refractivity contribution in [2.45, 2.75) is 64.6 Å². The highest BCUT2D eigenvalue weighted by Crippen LogP contribution is 2.20. The number of carbonyl (C=O) groups excluding carboxylic acids is 3. The van der Waals surface area contributed by atoms with E-state index in [-0.39, 0.29) is 31.1 Å². The Labute approximate surface area is 216 Å². The van der Waals surface area contributed by atoms with Crippen molar-refractivity contribution < 1.29 is 43.7 Å². The van der Waals surface area contributed by atoms with Crippen LogP contribution in [-0.4, -0.2) is 82.8 Å². The predicted molar refractivity (Wildman–Crippen MR) is 134 cm³/mol. The summed E-state index contributed by atoms with van der Waals surface area (Å²) in [6.45, 7) is 6.31. The molecule has 3 atom stereocenters. The number of carboxylic acid groups (broad SMARTS) is 2. The van der Waals surface area contributed by atoms with Crippen LogP contribution in [0.5, 0.6) is 0 Å². The number of carboxylic acids is 2. The smallest absolute Gasteiger partial charge is 0.328 e. The molecule has 0 bridgehead atoms. The summed E-state index contributed by atoms with van der Waals surface area (Å²) in [6.07, 6.45) is 3.68. The zero-order valence-electron chi connectivity index (χ0n) is 21.4. The van der Waals surface area contributed by atoms with Crippen LogP contribution in [0.3, 0.4) is 0 Å². The Balaban J connectivity index is 0.000000738. The number of carbonyl (C=O) groups is 5. The first-order valence-electron chi connectivity index (χ1n) is 12.2. The predicted octanol–water partition coefficient (Wildman–Crippen LogP) is 1.79. The van der Waals surface area contributed by atoms with E-state index in [1.807, 2.05) is 30.3 Å². The third-order valence-corrected chi connectivity index (χ3v) is 5.42. The van der Waals surface area contributed by atoms with Gasteiger partial charge in [-0.3, -0.25) is 14.9 Å². The molecule has 3 N–H and O–H groups in total. The molecule has 1 aromatic rings. The average Bonchev–Trinajstić information content (AvgIpc) is 3.36. The fourth-order valence-corrected chi connectivity index (χ4v) is 3.75. The molecule has 1 amide bonds. The molecule has 0 aromatic heterocycles. The van der Waals surface area contributed by atoms with Crippen LogP contribution < -0.4 is 5.32 Å². The summed E-state index contributed by atoms with van der Waals surface area (Å²) in [4.78, 5) is 58.2. The second kappa shape index (κ2) is 16.9. The Bertz CT molecular complexity index is 917. The fraction of sp³-hybridized carbons (Fsp3) is 0.500. The molecule has 11 heteroatoms. The summed E-state index contributed by atoms with van der Waals surface area (Å²) >= 11 is 0. The van der Waals surface area contributed by atoms with Gasteiger partial charge >= 0.3 is 23.9 Å². The van der Waals surface area contributed by atoms with Crippen molar-refractivity contribution >= 4 is 29.8 Å². The van der Waals surface area contributed by atoms with Crippen molar-refractivity contribution in [3.63, 3.8) is 0 Å². The minimum Gasteiger partial charge on any atom is -0.478 e. The third-order valence-electron chi connectivity index (χ3n) is 5.42. The fourth-order valence-electron chi connectivity index (χ4n) is 3.75. The van der Waals surface area contributed by atoms with E-state index < -0.39 is 30.1 Å². The topological polar surface area (TPSA) is 160 Å². The van der Waals surface area contributed by atoms with Crippen LogP contribution in [0, 0.1) is 0 Å². The molecule has 11 nitrogen and oxygen atoms in total. The van der Waals surface area contributed by atoms with Crippen molar-refractivity contribution in [1.29, 1.82) is 0 Å². The number of hydrogen-bond acceptors (Lipinski definition) is 8. The van der Waals surface area contributed by atoms with Gasteiger partial charge in [-0.05, 0) is 52.0 Å². The lowest BCUT2D eigenvalue weighted by Crippen LogP contribution is -2.53. The molecule has 0 aliphatic carbocycles. The lowest BCUT2D eigenvalue weighted by Gasteiger charge is -2.28. The molecule has 1 heterocycles. The summed E-state index contributed by atoms with van der Waals surface area (Å²) in [5.74, 6) is -3.45. The van der Waals surface area contributed by atoms with Gasteiger partial charge in [-0.2, -0.15) is 0 Å². The Morgan fingerprint density at radius 3 is 2.16 bits per heavy atom. The number of likely N-dealkylation sites (tertiary alicyclic amines) is 1. The molecule has 2 rings (SSSR count). The van der Waals surface area contributed by atoms with Crippen LogP contribution in [0.15, 0.2) is 42.5 Å². The van der Waals surface area contributed by atoms with E-state index >= 15 is 0 Å². The van der Waals surface area contributed by atoms with Crippen molar-refractivity contribution in [1.82, 2.24) is 10.2 Å². The Morgan fingerprint density at radius 2 is 1.62 bits per heavy atom. The second-order valence-electron chi connectivity index (χ2n) is 8.17. The molecule has 1 aromatic carbocycles. The minimum absolute atomic E-state index is 0.199. The molecule has 0 saturated carbocycles. The molecular weight excluding hydrogens is 484 g/mol. The molecule has 0 unspecified atom stereocenters. The van der Waals surface area contributed by atoms with Crippen LogP contribution in [0.25, 0.3) is 0 Å². The van der Waals surface area contributed by atoms with E-state index in [0.29, 0.717) is 38.0 Å². The van der Waals surface area contributed by atoms with Crippen LogP contribution >= 0.6 is 0 Å². The van der Waals surface area contributed by atoms with Crippen molar-refractivity contribution in [2.75, 3.05) is 19.8 Å². The average molecular weight is 521 g/mol. The maximum Gasteiger partial charge on any atom is 0.328 e. The molecular formula is C26H36N2O9. The highest BCUT2D eigenvalue weighted by molar-refractivity contribution is 5.90. The van der Waals surface area contributed by atoms with E-state index in [4.69, 9.17) is 19.7 Å². The first-order chi connectivity index (χ1) is 17.6. The Morgan fingerprint density at radius 1 is 1.03 bits per heavy atom. The van der Waals surface area contributed by atoms with E-state index in [1.54, 1.807) is 25.7 Å². The first kappa shape index (κ1) is 31.3. The van der Waals surface area contributed by atoms with E-state index in [0.717, 1.165) is 12.0 Å². The van der Waals surface area contributed by atoms with Crippen LogP contribution in [0.1, 0.15) is 45.6 Å². The maximum atomic E-state index is 13.0. The minimum atomic E-state index is -1.26. The number of ether oxygens (including phenoxy) is 2. The molecule has 0 spiro atoms. The number of aliphatic carboxylic acids is 2. The quantitative estimate of drug-likeness (QED) is 0.274. The number of aryl methyl sites for hydroxylation is 1. The van der Waals surface area contributed by atoms with Gasteiger partial charge in [0.05, 0.1) is 19.3 Å². The zero-order valence-corrected chi connectivity index (χ0v) is 21.4. The highest BCUT2D eigenvalue weighted by Gasteiger charge is 2.37. The normalized spacial score (nSPS) is 16.3. The van der Waals surface area contributed by atoms with Crippen LogP contribution in [0.2, 0.25) is 0 Å². The standard InChI is InChI=1S/C22H32N2O5.C4H4O4/c1-4-28-21(26)18(14-13-17-10-7-6-8-11-17)23-16(3)20(25)24-15-9-12-19(24)22(27)29-5-2;5-3(6)1-2-4(7)8/h6-8,10-11,16,18-19,23H,4-5,9,12-15H2,1-3H3;1-2H,(H,5,6)(H,7,8)/b;2-1-/t16-,18-,19-;/m0./s1. The van der Waals surface area contributed by atoms with Crippen molar-refractivity contribution in [3.8, 4) is 0 Å². The summed E-state index contributed by atoms with van der Waals surface area (Å²) in [6, 6.07) is 8.11. The maximum absolute atomic E-state index is 13.0. The van der Waals surface area contributed by atoms with Gasteiger partial charge in [-0.15, -0.1) is 0 Å². The summed E-state index contributed by atoms with van der Waals surface area (Å²) < 4.78 is 10.3. The monoisotopic (exact) mass is 520 g/mol. The number of amides is 1. The summed E-state index contributed by atoms with van der Waals surface area (Å²) in [5.41, 5.74) is 1.12. The van der Waals surface area contributed by atoms with Gasteiger partial charge in [0.2, 0.25) is 5.91 Å². The van der Waals surface area contributed by atoms with Gasteiger partial charge < -0.3 is 24.6 Å². The molecule has 1 saturated heterocycles. The first-order valence-corrected chi connectivity index (χ1v) is 12.2. The molecule has 1 aliphatic rings. The number of benzene rings is 1. The van der Waals surface area contributed by atoms with E-state index in [2.05, 4.69) is 5.32 Å². The molecule has 1 aliphatic heterocycles. The van der Waals surface area contributed by atoms with Crippen LogP contribution in [0.4, 0.5) is 0 Å². The number of hydrogen-bond donors (Lipinski definition) is 3. The second-order valence-corrected chi connectivity index (χ2v) is 8.17. The molecule has 0 radical (unpaired) electrons. The Kier molecular flexibility index (Phi) is 14.3. The van der Waals surface area contributed by atoms with E-state index in [1.165, 1.54) is 0 Å².